The van der Waals surface area contributed by atoms with E-state index in [1.165, 1.54) is 0 Å². The quantitative estimate of drug-likeness (QED) is 0.216. The van der Waals surface area contributed by atoms with Gasteiger partial charge in [-0.05, 0) is 12.5 Å². The van der Waals surface area contributed by atoms with Crippen molar-refractivity contribution in [3.8, 4) is 5.75 Å². The van der Waals surface area contributed by atoms with Crippen molar-refractivity contribution in [2.24, 2.45) is 17.2 Å². The van der Waals surface area contributed by atoms with Crippen LogP contribution in [0.5, 0.6) is 5.75 Å². The Morgan fingerprint density at radius 3 is 2.37 bits per heavy atom. The van der Waals surface area contributed by atoms with Gasteiger partial charge in [0.1, 0.15) is 36.3 Å². The number of phenolic OH excluding ortho intramolecular Hbond substituents is 1. The third kappa shape index (κ3) is 4.92. The van der Waals surface area contributed by atoms with Crippen molar-refractivity contribution < 1.29 is 35.0 Å². The smallest absolute Gasteiger partial charge is 0.176 e. The molecule has 1 saturated heterocycles. The molecule has 2 fully saturated rings. The van der Waals surface area contributed by atoms with E-state index >= 15 is 0 Å². The minimum atomic E-state index is -1.35. The van der Waals surface area contributed by atoms with Crippen molar-refractivity contribution in [1.82, 2.24) is 5.32 Å². The van der Waals surface area contributed by atoms with E-state index in [0.29, 0.717) is 12.1 Å². The normalized spacial score (nSPS) is 42.2. The van der Waals surface area contributed by atoms with Crippen LogP contribution in [0.2, 0.25) is 0 Å². The van der Waals surface area contributed by atoms with Gasteiger partial charge in [0, 0.05) is 30.7 Å². The van der Waals surface area contributed by atoms with E-state index in [0.717, 1.165) is 0 Å². The second-order valence-corrected chi connectivity index (χ2v) is 8.01. The van der Waals surface area contributed by atoms with Crippen LogP contribution in [-0.4, -0.2) is 93.1 Å². The summed E-state index contributed by atoms with van der Waals surface area (Å²) in [6.45, 7) is 0.440. The van der Waals surface area contributed by atoms with Gasteiger partial charge in [0.2, 0.25) is 0 Å². The Morgan fingerprint density at radius 2 is 1.67 bits per heavy atom. The van der Waals surface area contributed by atoms with Crippen molar-refractivity contribution in [1.29, 1.82) is 0 Å². The number of aromatic hydroxyl groups is 1. The predicted octanol–water partition coefficient (Wildman–Crippen LogP) is -3.58. The Balaban J connectivity index is 1.62. The van der Waals surface area contributed by atoms with Crippen molar-refractivity contribution in [2.75, 3.05) is 6.54 Å². The molecule has 10 atom stereocenters. The van der Waals surface area contributed by atoms with E-state index in [-0.39, 0.29) is 18.7 Å². The molecule has 12 N–H and O–H groups in total. The molecule has 1 aromatic carbocycles. The fourth-order valence-electron chi connectivity index (χ4n) is 3.88. The molecule has 1 aromatic rings. The molecule has 0 bridgehead atoms. The number of nitrogens with two attached hydrogens (primary N) is 3. The molecule has 11 nitrogen and oxygen atoms in total. The molecule has 1 aliphatic heterocycles. The number of benzene rings is 1. The summed E-state index contributed by atoms with van der Waals surface area (Å²) in [6, 6.07) is 4.36. The molecule has 0 aromatic heterocycles. The van der Waals surface area contributed by atoms with Crippen LogP contribution >= 0.6 is 0 Å². The minimum Gasteiger partial charge on any atom is -0.508 e. The van der Waals surface area contributed by atoms with E-state index in [1.54, 1.807) is 24.3 Å². The van der Waals surface area contributed by atoms with Crippen LogP contribution in [0.25, 0.3) is 0 Å². The SMILES string of the molecule is N[C@H]1[C@@H](O[C@H]2[C@H](O)[C@@H](O)[C@H](N)C[C@@H]2N)O[C@H](CNCc2ccccc2O)[C@@H](O)[C@@H]1O. The van der Waals surface area contributed by atoms with E-state index in [1.807, 2.05) is 0 Å². The first-order valence-corrected chi connectivity index (χ1v) is 9.98. The average molecular weight is 428 g/mol. The molecule has 170 valence electrons. The highest BCUT2D eigenvalue weighted by Gasteiger charge is 2.48. The molecule has 3 rings (SSSR count). The Morgan fingerprint density at radius 1 is 0.967 bits per heavy atom. The molecule has 0 unspecified atom stereocenters. The Kier molecular flexibility index (Phi) is 7.63. The van der Waals surface area contributed by atoms with Crippen molar-refractivity contribution in [3.05, 3.63) is 29.8 Å². The lowest BCUT2D eigenvalue weighted by Crippen LogP contribution is -2.67. The Bertz CT molecular complexity index is 699. The third-order valence-corrected chi connectivity index (χ3v) is 5.78. The van der Waals surface area contributed by atoms with Gasteiger partial charge in [-0.1, -0.05) is 18.2 Å². The first-order chi connectivity index (χ1) is 14.2. The average Bonchev–Trinajstić information content (AvgIpc) is 2.72. The number of aliphatic hydroxyl groups excluding tert-OH is 4. The molecule has 11 heteroatoms. The molecule has 2 aliphatic rings. The maximum absolute atomic E-state index is 10.3. The second-order valence-electron chi connectivity index (χ2n) is 8.01. The van der Waals surface area contributed by atoms with Crippen LogP contribution in [0.3, 0.4) is 0 Å². The van der Waals surface area contributed by atoms with E-state index in [2.05, 4.69) is 5.32 Å². The number of hydrogen-bond donors (Lipinski definition) is 9. The number of rotatable bonds is 6. The van der Waals surface area contributed by atoms with Gasteiger partial charge < -0.3 is 57.5 Å². The Hall–Kier alpha value is -1.38. The summed E-state index contributed by atoms with van der Waals surface area (Å²) < 4.78 is 11.5. The number of nitrogens with one attached hydrogen (secondary N) is 1. The van der Waals surface area contributed by atoms with Crippen LogP contribution in [0, 0.1) is 0 Å². The van der Waals surface area contributed by atoms with E-state index in [4.69, 9.17) is 26.7 Å². The van der Waals surface area contributed by atoms with Gasteiger partial charge in [-0.3, -0.25) is 0 Å². The molecule has 0 radical (unpaired) electrons. The molecule has 1 aliphatic carbocycles. The van der Waals surface area contributed by atoms with Gasteiger partial charge in [-0.15, -0.1) is 0 Å². The zero-order valence-corrected chi connectivity index (χ0v) is 16.5. The standard InChI is InChI=1S/C19H32N4O7/c20-9-5-10(21)18(17(28)14(9)25)30-19-13(22)16(27)15(26)12(29-19)7-23-6-8-3-1-2-4-11(8)24/h1-4,9-10,12-19,23-28H,5-7,20-22H2/t9-,10+,12-,13-,14+,15-,16-,17-,18-,19-/m1/s1. The maximum atomic E-state index is 10.3. The maximum Gasteiger partial charge on any atom is 0.176 e. The fourth-order valence-corrected chi connectivity index (χ4v) is 3.88. The van der Waals surface area contributed by atoms with Gasteiger partial charge >= 0.3 is 0 Å². The van der Waals surface area contributed by atoms with Crippen LogP contribution in [0.4, 0.5) is 0 Å². The summed E-state index contributed by atoms with van der Waals surface area (Å²) in [4.78, 5) is 0. The Labute approximate surface area is 174 Å². The van der Waals surface area contributed by atoms with Gasteiger partial charge in [0.25, 0.3) is 0 Å². The summed E-state index contributed by atoms with van der Waals surface area (Å²) in [5.41, 5.74) is 18.4. The number of aliphatic hydroxyl groups is 4. The van der Waals surface area contributed by atoms with Crippen molar-refractivity contribution in [2.45, 2.75) is 74.0 Å². The summed E-state index contributed by atoms with van der Waals surface area (Å²) >= 11 is 0. The van der Waals surface area contributed by atoms with Gasteiger partial charge in [-0.2, -0.15) is 0 Å². The summed E-state index contributed by atoms with van der Waals surface area (Å²) in [6.07, 6.45) is -8.02. The predicted molar refractivity (Wildman–Crippen MR) is 106 cm³/mol. The number of para-hydroxylation sites is 1. The zero-order chi connectivity index (χ0) is 22.0. The summed E-state index contributed by atoms with van der Waals surface area (Å²) in [5.74, 6) is 0.135. The van der Waals surface area contributed by atoms with Crippen molar-refractivity contribution >= 4 is 0 Å². The summed E-state index contributed by atoms with van der Waals surface area (Å²) in [7, 11) is 0. The first-order valence-electron chi connectivity index (χ1n) is 9.98. The molecule has 0 spiro atoms. The summed E-state index contributed by atoms with van der Waals surface area (Å²) in [5, 5.41) is 53.9. The molecule has 0 amide bonds. The van der Waals surface area contributed by atoms with Crippen LogP contribution in [-0.2, 0) is 16.0 Å². The van der Waals surface area contributed by atoms with Gasteiger partial charge in [0.05, 0.1) is 12.1 Å². The molecular weight excluding hydrogens is 396 g/mol. The van der Waals surface area contributed by atoms with Crippen molar-refractivity contribution in [3.63, 3.8) is 0 Å². The monoisotopic (exact) mass is 428 g/mol. The fraction of sp³-hybridized carbons (Fsp3) is 0.684. The highest BCUT2D eigenvalue weighted by molar-refractivity contribution is 5.31. The highest BCUT2D eigenvalue weighted by Crippen LogP contribution is 2.27. The van der Waals surface area contributed by atoms with Crippen LogP contribution in [0.15, 0.2) is 24.3 Å². The number of hydrogen-bond acceptors (Lipinski definition) is 11. The second kappa shape index (κ2) is 9.83. The molecule has 30 heavy (non-hydrogen) atoms. The highest BCUT2D eigenvalue weighted by atomic mass is 16.7. The van der Waals surface area contributed by atoms with Gasteiger partial charge in [0.15, 0.2) is 6.29 Å². The largest absolute Gasteiger partial charge is 0.508 e. The minimum absolute atomic E-state index is 0.131. The van der Waals surface area contributed by atoms with Crippen LogP contribution in [0.1, 0.15) is 12.0 Å². The van der Waals surface area contributed by atoms with Crippen LogP contribution < -0.4 is 22.5 Å². The molecule has 1 heterocycles. The number of ether oxygens (including phenoxy) is 2. The lowest BCUT2D eigenvalue weighted by atomic mass is 9.84. The van der Waals surface area contributed by atoms with E-state index < -0.39 is 61.0 Å². The lowest BCUT2D eigenvalue weighted by Gasteiger charge is -2.46. The number of phenols is 1. The lowest BCUT2D eigenvalue weighted by molar-refractivity contribution is -0.288. The zero-order valence-electron chi connectivity index (χ0n) is 16.5. The third-order valence-electron chi connectivity index (χ3n) is 5.78. The van der Waals surface area contributed by atoms with Gasteiger partial charge in [-0.25, -0.2) is 0 Å². The first kappa shape index (κ1) is 23.3. The molecular formula is C19H32N4O7. The topological polar surface area (TPSA) is 210 Å². The van der Waals surface area contributed by atoms with E-state index in [9.17, 15) is 25.5 Å². The molecule has 1 saturated carbocycles.